The predicted molar refractivity (Wildman–Crippen MR) is 91.8 cm³/mol. The van der Waals surface area contributed by atoms with Gasteiger partial charge in [0.1, 0.15) is 11.9 Å². The van der Waals surface area contributed by atoms with E-state index in [1.54, 1.807) is 0 Å². The van der Waals surface area contributed by atoms with E-state index in [9.17, 15) is 0 Å². The van der Waals surface area contributed by atoms with Crippen molar-refractivity contribution in [2.24, 2.45) is 0 Å². The van der Waals surface area contributed by atoms with Crippen molar-refractivity contribution in [1.82, 2.24) is 4.98 Å². The minimum atomic E-state index is 0.182. The third kappa shape index (κ3) is 2.80. The van der Waals surface area contributed by atoms with Crippen molar-refractivity contribution in [2.75, 3.05) is 13.2 Å². The van der Waals surface area contributed by atoms with Gasteiger partial charge in [0.2, 0.25) is 0 Å². The van der Waals surface area contributed by atoms with Gasteiger partial charge in [-0.15, -0.1) is 0 Å². The summed E-state index contributed by atoms with van der Waals surface area (Å²) < 4.78 is 11.4. The lowest BCUT2D eigenvalue weighted by molar-refractivity contribution is 0.141. The van der Waals surface area contributed by atoms with E-state index in [4.69, 9.17) is 9.47 Å². The third-order valence-corrected chi connectivity index (χ3v) is 4.35. The summed E-state index contributed by atoms with van der Waals surface area (Å²) in [5.74, 6) is 0.947. The minimum Gasteiger partial charge on any atom is -0.488 e. The van der Waals surface area contributed by atoms with Gasteiger partial charge in [0.15, 0.2) is 0 Å². The second-order valence-corrected chi connectivity index (χ2v) is 5.99. The van der Waals surface area contributed by atoms with E-state index in [1.807, 2.05) is 18.5 Å². The Morgan fingerprint density at radius 2 is 2.13 bits per heavy atom. The topological polar surface area (TPSA) is 31.4 Å². The molecule has 0 saturated carbocycles. The van der Waals surface area contributed by atoms with Crippen LogP contribution in [-0.2, 0) is 4.74 Å². The fourth-order valence-corrected chi connectivity index (χ4v) is 3.10. The fraction of sp³-hybridized carbons (Fsp3) is 0.250. The van der Waals surface area contributed by atoms with Crippen LogP contribution in [0.5, 0.6) is 5.75 Å². The normalized spacial score (nSPS) is 17.5. The lowest BCUT2D eigenvalue weighted by Crippen LogP contribution is -2.16. The first-order chi connectivity index (χ1) is 11.3. The summed E-state index contributed by atoms with van der Waals surface area (Å²) in [7, 11) is 0. The number of benzene rings is 2. The largest absolute Gasteiger partial charge is 0.488 e. The van der Waals surface area contributed by atoms with E-state index in [0.717, 1.165) is 24.3 Å². The zero-order valence-corrected chi connectivity index (χ0v) is 13.2. The molecule has 1 fully saturated rings. The molecule has 116 valence electrons. The van der Waals surface area contributed by atoms with Gasteiger partial charge in [-0.25, -0.2) is 0 Å². The second-order valence-electron chi connectivity index (χ2n) is 5.99. The third-order valence-electron chi connectivity index (χ3n) is 4.35. The van der Waals surface area contributed by atoms with E-state index in [0.29, 0.717) is 6.61 Å². The molecule has 23 heavy (non-hydrogen) atoms. The second kappa shape index (κ2) is 6.01. The van der Waals surface area contributed by atoms with E-state index in [-0.39, 0.29) is 6.10 Å². The summed E-state index contributed by atoms with van der Waals surface area (Å²) in [6.07, 6.45) is 4.91. The predicted octanol–water partition coefficient (Wildman–Crippen LogP) is 4.38. The van der Waals surface area contributed by atoms with E-state index in [2.05, 4.69) is 48.3 Å². The van der Waals surface area contributed by atoms with Gasteiger partial charge in [0, 0.05) is 24.2 Å². The molecule has 2 heterocycles. The molecular weight excluding hydrogens is 286 g/mol. The van der Waals surface area contributed by atoms with Crippen molar-refractivity contribution in [3.63, 3.8) is 0 Å². The van der Waals surface area contributed by atoms with Crippen LogP contribution in [0.1, 0.15) is 12.0 Å². The Kier molecular flexibility index (Phi) is 3.72. The van der Waals surface area contributed by atoms with Gasteiger partial charge in [0.05, 0.1) is 13.2 Å². The van der Waals surface area contributed by atoms with Gasteiger partial charge in [0.25, 0.3) is 0 Å². The van der Waals surface area contributed by atoms with Gasteiger partial charge < -0.3 is 9.47 Å². The highest BCUT2D eigenvalue weighted by atomic mass is 16.5. The first-order valence-electron chi connectivity index (χ1n) is 7.99. The molecule has 0 bridgehead atoms. The minimum absolute atomic E-state index is 0.182. The number of nitrogens with zero attached hydrogens (tertiary/aromatic N) is 1. The molecular formula is C20H19NO2. The maximum atomic E-state index is 6.05. The number of rotatable bonds is 3. The summed E-state index contributed by atoms with van der Waals surface area (Å²) in [5.41, 5.74) is 3.54. The van der Waals surface area contributed by atoms with Gasteiger partial charge in [-0.3, -0.25) is 4.98 Å². The zero-order chi connectivity index (χ0) is 15.6. The number of fused-ring (bicyclic) bond motifs is 1. The van der Waals surface area contributed by atoms with Crippen LogP contribution in [0.3, 0.4) is 0 Å². The fourth-order valence-electron chi connectivity index (χ4n) is 3.10. The van der Waals surface area contributed by atoms with Crippen LogP contribution in [0.2, 0.25) is 0 Å². The summed E-state index contributed by atoms with van der Waals surface area (Å²) in [6.45, 7) is 3.58. The van der Waals surface area contributed by atoms with Crippen molar-refractivity contribution in [3.05, 3.63) is 60.4 Å². The molecule has 1 aromatic heterocycles. The summed E-state index contributed by atoms with van der Waals surface area (Å²) >= 11 is 0. The zero-order valence-electron chi connectivity index (χ0n) is 13.2. The van der Waals surface area contributed by atoms with Gasteiger partial charge in [-0.2, -0.15) is 0 Å². The molecule has 1 atom stereocenters. The van der Waals surface area contributed by atoms with Crippen LogP contribution >= 0.6 is 0 Å². The average molecular weight is 305 g/mol. The van der Waals surface area contributed by atoms with Crippen LogP contribution in [0.15, 0.2) is 54.9 Å². The number of ether oxygens (including phenoxy) is 2. The smallest absolute Gasteiger partial charge is 0.124 e. The Hall–Kier alpha value is -2.39. The highest BCUT2D eigenvalue weighted by molar-refractivity contribution is 5.96. The molecule has 0 N–H and O–H groups in total. The van der Waals surface area contributed by atoms with E-state index >= 15 is 0 Å². The Bertz CT molecular complexity index is 833. The molecule has 1 unspecified atom stereocenters. The van der Waals surface area contributed by atoms with Crippen molar-refractivity contribution in [2.45, 2.75) is 19.4 Å². The average Bonchev–Trinajstić information content (AvgIpc) is 3.09. The number of hydrogen-bond acceptors (Lipinski definition) is 3. The highest BCUT2D eigenvalue weighted by Gasteiger charge is 2.18. The van der Waals surface area contributed by atoms with Crippen molar-refractivity contribution >= 4 is 10.8 Å². The molecule has 3 aromatic rings. The Morgan fingerprint density at radius 1 is 1.17 bits per heavy atom. The number of pyridine rings is 1. The van der Waals surface area contributed by atoms with Crippen molar-refractivity contribution in [3.8, 4) is 16.9 Å². The van der Waals surface area contributed by atoms with Gasteiger partial charge in [-0.05, 0) is 47.2 Å². The number of hydrogen-bond donors (Lipinski definition) is 0. The summed E-state index contributed by atoms with van der Waals surface area (Å²) in [4.78, 5) is 4.27. The molecule has 3 nitrogen and oxygen atoms in total. The standard InChI is InChI=1S/C20H19NO2/c1-14-11-16(5-6-20(14)23-17-8-10-22-13-17)18-4-2-3-15-7-9-21-12-19(15)18/h2-7,9,11-12,17H,8,10,13H2,1H3. The number of aromatic nitrogens is 1. The first kappa shape index (κ1) is 14.2. The van der Waals surface area contributed by atoms with Crippen molar-refractivity contribution in [1.29, 1.82) is 0 Å². The van der Waals surface area contributed by atoms with Crippen LogP contribution in [0.4, 0.5) is 0 Å². The van der Waals surface area contributed by atoms with Crippen LogP contribution in [-0.4, -0.2) is 24.3 Å². The Morgan fingerprint density at radius 3 is 2.96 bits per heavy atom. The molecule has 1 aliphatic heterocycles. The van der Waals surface area contributed by atoms with Crippen LogP contribution in [0, 0.1) is 6.92 Å². The molecule has 1 saturated heterocycles. The monoisotopic (exact) mass is 305 g/mol. The molecule has 0 radical (unpaired) electrons. The van der Waals surface area contributed by atoms with Gasteiger partial charge >= 0.3 is 0 Å². The molecule has 0 amide bonds. The molecule has 0 aliphatic carbocycles. The van der Waals surface area contributed by atoms with E-state index in [1.165, 1.54) is 21.9 Å². The molecule has 1 aliphatic rings. The maximum absolute atomic E-state index is 6.05. The summed E-state index contributed by atoms with van der Waals surface area (Å²) in [6, 6.07) is 14.8. The SMILES string of the molecule is Cc1cc(-c2cccc3ccncc23)ccc1OC1CCOC1. The molecule has 3 heteroatoms. The Balaban J connectivity index is 1.70. The Labute approximate surface area is 135 Å². The lowest BCUT2D eigenvalue weighted by Gasteiger charge is -2.15. The summed E-state index contributed by atoms with van der Waals surface area (Å²) in [5, 5.41) is 2.38. The van der Waals surface area contributed by atoms with Gasteiger partial charge in [-0.1, -0.05) is 24.3 Å². The van der Waals surface area contributed by atoms with Crippen LogP contribution in [0.25, 0.3) is 21.9 Å². The van der Waals surface area contributed by atoms with Crippen molar-refractivity contribution < 1.29 is 9.47 Å². The quantitative estimate of drug-likeness (QED) is 0.719. The molecule has 2 aromatic carbocycles. The maximum Gasteiger partial charge on any atom is 0.124 e. The first-order valence-corrected chi connectivity index (χ1v) is 7.99. The van der Waals surface area contributed by atoms with Crippen LogP contribution < -0.4 is 4.74 Å². The molecule has 4 rings (SSSR count). The van der Waals surface area contributed by atoms with E-state index < -0.39 is 0 Å². The lowest BCUT2D eigenvalue weighted by atomic mass is 9.98. The highest BCUT2D eigenvalue weighted by Crippen LogP contribution is 2.31. The molecule has 0 spiro atoms. The number of aryl methyl sites for hydroxylation is 1.